The first-order valence-electron chi connectivity index (χ1n) is 8.89. The van der Waals surface area contributed by atoms with Crippen LogP contribution in [-0.4, -0.2) is 41.0 Å². The van der Waals surface area contributed by atoms with Gasteiger partial charge in [0.15, 0.2) is 11.6 Å². The van der Waals surface area contributed by atoms with Gasteiger partial charge < -0.3 is 15.5 Å². The number of sulfonamides is 1. The first-order valence-corrected chi connectivity index (χ1v) is 10.5. The van der Waals surface area contributed by atoms with Crippen molar-refractivity contribution in [2.24, 2.45) is 0 Å². The van der Waals surface area contributed by atoms with Gasteiger partial charge in [0.25, 0.3) is 0 Å². The Bertz CT molecular complexity index is 1090. The molecule has 9 heteroatoms. The molecule has 148 valence electrons. The zero-order chi connectivity index (χ0) is 20.1. The van der Waals surface area contributed by atoms with Crippen molar-refractivity contribution in [1.29, 1.82) is 0 Å². The minimum Gasteiger partial charge on any atom is -0.508 e. The number of benzene rings is 2. The third-order valence-corrected chi connectivity index (χ3v) is 5.42. The predicted molar refractivity (Wildman–Crippen MR) is 109 cm³/mol. The van der Waals surface area contributed by atoms with Crippen LogP contribution in [0.4, 0.5) is 17.3 Å². The lowest BCUT2D eigenvalue weighted by atomic mass is 10.1. The molecule has 0 aliphatic heterocycles. The second kappa shape index (κ2) is 8.41. The number of phenolic OH excluding ortho intramolecular Hbond substituents is 1. The van der Waals surface area contributed by atoms with E-state index < -0.39 is 10.0 Å². The summed E-state index contributed by atoms with van der Waals surface area (Å²) in [6, 6.07) is 12.0. The maximum absolute atomic E-state index is 12.1. The quantitative estimate of drug-likeness (QED) is 0.457. The van der Waals surface area contributed by atoms with Gasteiger partial charge >= 0.3 is 0 Å². The highest BCUT2D eigenvalue weighted by Gasteiger charge is 2.16. The lowest BCUT2D eigenvalue weighted by Crippen LogP contribution is -2.17. The molecule has 0 fully saturated rings. The first kappa shape index (κ1) is 19.8. The van der Waals surface area contributed by atoms with Crippen LogP contribution in [0, 0.1) is 0 Å². The fraction of sp³-hybridized carbons (Fsp3) is 0.263. The van der Waals surface area contributed by atoms with E-state index >= 15 is 0 Å². The lowest BCUT2D eigenvalue weighted by molar-refractivity contribution is 0.288. The molecule has 28 heavy (non-hydrogen) atoms. The van der Waals surface area contributed by atoms with Crippen LogP contribution < -0.4 is 10.0 Å². The summed E-state index contributed by atoms with van der Waals surface area (Å²) in [5.41, 5.74) is 2.57. The number of fused-ring (bicyclic) bond motifs is 1. The van der Waals surface area contributed by atoms with E-state index in [2.05, 4.69) is 20.0 Å². The largest absolute Gasteiger partial charge is 0.508 e. The molecule has 0 aliphatic carbocycles. The summed E-state index contributed by atoms with van der Waals surface area (Å²) in [7, 11) is -3.56. The van der Waals surface area contributed by atoms with Gasteiger partial charge in [-0.25, -0.2) is 18.4 Å². The zero-order valence-corrected chi connectivity index (χ0v) is 16.2. The van der Waals surface area contributed by atoms with Crippen LogP contribution in [0.15, 0.2) is 42.5 Å². The number of aryl methyl sites for hydroxylation is 1. The number of hydrogen-bond donors (Lipinski definition) is 4. The second-order valence-corrected chi connectivity index (χ2v) is 8.22. The smallest absolute Gasteiger partial charge is 0.233 e. The Labute approximate surface area is 163 Å². The molecule has 0 aliphatic rings. The molecule has 1 aromatic heterocycles. The molecular formula is C19H22N4O4S. The van der Waals surface area contributed by atoms with E-state index in [0.29, 0.717) is 29.6 Å². The summed E-state index contributed by atoms with van der Waals surface area (Å²) in [4.78, 5) is 8.91. The van der Waals surface area contributed by atoms with Crippen LogP contribution in [0.5, 0.6) is 5.75 Å². The number of rotatable bonds is 8. The van der Waals surface area contributed by atoms with Gasteiger partial charge in [0.2, 0.25) is 10.0 Å². The van der Waals surface area contributed by atoms with Gasteiger partial charge in [0, 0.05) is 18.4 Å². The molecule has 3 rings (SSSR count). The van der Waals surface area contributed by atoms with E-state index in [4.69, 9.17) is 5.11 Å². The van der Waals surface area contributed by atoms with Gasteiger partial charge in [-0.05, 0) is 43.5 Å². The zero-order valence-electron chi connectivity index (χ0n) is 15.4. The van der Waals surface area contributed by atoms with Crippen LogP contribution >= 0.6 is 0 Å². The Hall–Kier alpha value is -2.91. The summed E-state index contributed by atoms with van der Waals surface area (Å²) in [5.74, 6) is 0.262. The number of anilines is 3. The highest BCUT2D eigenvalue weighted by atomic mass is 32.2. The van der Waals surface area contributed by atoms with Crippen LogP contribution in [0.3, 0.4) is 0 Å². The van der Waals surface area contributed by atoms with Crippen LogP contribution in [-0.2, 0) is 16.4 Å². The van der Waals surface area contributed by atoms with E-state index in [1.807, 2.05) is 6.07 Å². The molecule has 0 radical (unpaired) electrons. The molecule has 4 N–H and O–H groups in total. The average Bonchev–Trinajstić information content (AvgIpc) is 2.67. The maximum atomic E-state index is 12.1. The van der Waals surface area contributed by atoms with Gasteiger partial charge in [0.05, 0.1) is 16.8 Å². The number of aromatic hydroxyl groups is 1. The van der Waals surface area contributed by atoms with Crippen LogP contribution in [0.1, 0.15) is 18.9 Å². The van der Waals surface area contributed by atoms with Crippen LogP contribution in [0.25, 0.3) is 11.0 Å². The molecule has 0 saturated heterocycles. The number of aliphatic hydroxyl groups excluding tert-OH is 1. The van der Waals surface area contributed by atoms with Gasteiger partial charge in [-0.15, -0.1) is 0 Å². The predicted octanol–water partition coefficient (Wildman–Crippen LogP) is 2.77. The minimum atomic E-state index is -3.56. The number of nitrogens with zero attached hydrogens (tertiary/aromatic N) is 2. The van der Waals surface area contributed by atoms with Crippen LogP contribution in [0.2, 0.25) is 0 Å². The van der Waals surface area contributed by atoms with Crippen molar-refractivity contribution in [2.45, 2.75) is 19.8 Å². The summed E-state index contributed by atoms with van der Waals surface area (Å²) < 4.78 is 26.7. The third-order valence-electron chi connectivity index (χ3n) is 4.15. The molecule has 3 aromatic rings. The standard InChI is InChI=1S/C19H22N4O4S/c1-2-28(26,27)23-19-18(20-15-7-3-4-8-16(15)21-19)22-17-12-14(25)10-9-13(17)6-5-11-24/h3-4,7-10,12,24-25H,2,5-6,11H2,1H3,(H,20,22)(H,21,23). The topological polar surface area (TPSA) is 124 Å². The number of phenols is 1. The normalized spacial score (nSPS) is 11.5. The van der Waals surface area contributed by atoms with Crippen molar-refractivity contribution in [3.8, 4) is 5.75 Å². The number of nitrogens with one attached hydrogen (secondary N) is 2. The number of aromatic nitrogens is 2. The van der Waals surface area contributed by atoms with E-state index in [9.17, 15) is 13.5 Å². The van der Waals surface area contributed by atoms with E-state index in [0.717, 1.165) is 5.56 Å². The highest BCUT2D eigenvalue weighted by Crippen LogP contribution is 2.30. The van der Waals surface area contributed by atoms with Gasteiger partial charge in [-0.3, -0.25) is 4.72 Å². The molecule has 0 spiro atoms. The maximum Gasteiger partial charge on any atom is 0.233 e. The highest BCUT2D eigenvalue weighted by molar-refractivity contribution is 7.92. The van der Waals surface area contributed by atoms with Crippen molar-refractivity contribution < 1.29 is 18.6 Å². The van der Waals surface area contributed by atoms with E-state index in [1.165, 1.54) is 13.0 Å². The Balaban J connectivity index is 2.07. The van der Waals surface area contributed by atoms with E-state index in [1.54, 1.807) is 30.3 Å². The first-order chi connectivity index (χ1) is 13.4. The number of aliphatic hydroxyl groups is 1. The molecule has 0 atom stereocenters. The van der Waals surface area contributed by atoms with Crippen molar-refractivity contribution in [1.82, 2.24) is 9.97 Å². The molecule has 8 nitrogen and oxygen atoms in total. The average molecular weight is 402 g/mol. The molecule has 0 saturated carbocycles. The third kappa shape index (κ3) is 4.68. The molecule has 2 aromatic carbocycles. The van der Waals surface area contributed by atoms with Crippen molar-refractivity contribution >= 4 is 38.4 Å². The molecule has 0 bridgehead atoms. The molecule has 0 unspecified atom stereocenters. The summed E-state index contributed by atoms with van der Waals surface area (Å²) in [6.45, 7) is 1.57. The summed E-state index contributed by atoms with van der Waals surface area (Å²) in [5, 5.41) is 22.1. The molecule has 1 heterocycles. The molecule has 0 amide bonds. The SMILES string of the molecule is CCS(=O)(=O)Nc1nc2ccccc2nc1Nc1cc(O)ccc1CCCO. The van der Waals surface area contributed by atoms with Crippen molar-refractivity contribution in [3.05, 3.63) is 48.0 Å². The van der Waals surface area contributed by atoms with Gasteiger partial charge in [0.1, 0.15) is 5.75 Å². The van der Waals surface area contributed by atoms with Gasteiger partial charge in [-0.1, -0.05) is 18.2 Å². The molecular weight excluding hydrogens is 380 g/mol. The van der Waals surface area contributed by atoms with Crippen molar-refractivity contribution in [2.75, 3.05) is 22.4 Å². The Morgan fingerprint density at radius 3 is 2.36 bits per heavy atom. The van der Waals surface area contributed by atoms with E-state index in [-0.39, 0.29) is 29.7 Å². The summed E-state index contributed by atoms with van der Waals surface area (Å²) >= 11 is 0. The fourth-order valence-corrected chi connectivity index (χ4v) is 3.25. The lowest BCUT2D eigenvalue weighted by Gasteiger charge is -2.16. The number of para-hydroxylation sites is 2. The van der Waals surface area contributed by atoms with Crippen molar-refractivity contribution in [3.63, 3.8) is 0 Å². The Kier molecular flexibility index (Phi) is 5.96. The van der Waals surface area contributed by atoms with Gasteiger partial charge in [-0.2, -0.15) is 0 Å². The number of hydrogen-bond acceptors (Lipinski definition) is 7. The Morgan fingerprint density at radius 2 is 1.71 bits per heavy atom. The Morgan fingerprint density at radius 1 is 1.04 bits per heavy atom. The monoisotopic (exact) mass is 402 g/mol. The second-order valence-electron chi connectivity index (χ2n) is 6.21. The summed E-state index contributed by atoms with van der Waals surface area (Å²) in [6.07, 6.45) is 1.13. The fourth-order valence-electron chi connectivity index (χ4n) is 2.67. The minimum absolute atomic E-state index is 0.0393.